The Bertz CT molecular complexity index is 607. The highest BCUT2D eigenvalue weighted by atomic mass is 32.1. The first-order chi connectivity index (χ1) is 8.99. The zero-order valence-electron chi connectivity index (χ0n) is 10.3. The van der Waals surface area contributed by atoms with Gasteiger partial charge in [-0.2, -0.15) is 0 Å². The topological polar surface area (TPSA) is 76.3 Å². The van der Waals surface area contributed by atoms with E-state index in [2.05, 4.69) is 4.98 Å². The van der Waals surface area contributed by atoms with Gasteiger partial charge in [-0.15, -0.1) is 22.7 Å². The van der Waals surface area contributed by atoms with E-state index in [0.717, 1.165) is 17.0 Å². The summed E-state index contributed by atoms with van der Waals surface area (Å²) in [7, 11) is 1.75. The van der Waals surface area contributed by atoms with Crippen LogP contribution in [0.2, 0.25) is 0 Å². The van der Waals surface area contributed by atoms with E-state index in [-0.39, 0.29) is 11.5 Å². The van der Waals surface area contributed by atoms with Gasteiger partial charge in [-0.25, -0.2) is 4.98 Å². The number of nitro groups is 1. The summed E-state index contributed by atoms with van der Waals surface area (Å²) in [5.74, 6) is -0.165. The van der Waals surface area contributed by atoms with Crippen LogP contribution < -0.4 is 4.90 Å². The molecule has 0 aromatic carbocycles. The maximum Gasteiger partial charge on any atom is 0.304 e. The molecule has 0 aliphatic heterocycles. The minimum absolute atomic E-state index is 0.0343. The van der Waals surface area contributed by atoms with E-state index in [9.17, 15) is 14.9 Å². The normalized spacial score (nSPS) is 10.4. The lowest BCUT2D eigenvalue weighted by Crippen LogP contribution is -2.16. The Balaban J connectivity index is 2.31. The molecule has 6 nitrogen and oxygen atoms in total. The first kappa shape index (κ1) is 13.6. The van der Waals surface area contributed by atoms with Gasteiger partial charge < -0.3 is 4.90 Å². The number of anilines is 1. The van der Waals surface area contributed by atoms with E-state index in [0.29, 0.717) is 16.4 Å². The molecule has 0 aliphatic rings. The molecule has 0 unspecified atom stereocenters. The Kier molecular flexibility index (Phi) is 3.91. The summed E-state index contributed by atoms with van der Waals surface area (Å²) >= 11 is 2.61. The van der Waals surface area contributed by atoms with Crippen LogP contribution in [0.25, 0.3) is 0 Å². The molecule has 2 aromatic rings. The molecule has 0 radical (unpaired) electrons. The van der Waals surface area contributed by atoms with Crippen molar-refractivity contribution in [2.24, 2.45) is 0 Å². The molecule has 19 heavy (non-hydrogen) atoms. The largest absolute Gasteiger partial charge is 0.355 e. The van der Waals surface area contributed by atoms with Crippen LogP contribution in [0.4, 0.5) is 10.7 Å². The van der Waals surface area contributed by atoms with Crippen molar-refractivity contribution in [1.82, 2.24) is 4.98 Å². The summed E-state index contributed by atoms with van der Waals surface area (Å²) in [4.78, 5) is 28.2. The van der Waals surface area contributed by atoms with E-state index in [1.54, 1.807) is 17.5 Å². The average molecular weight is 297 g/mol. The van der Waals surface area contributed by atoms with Gasteiger partial charge in [-0.1, -0.05) is 0 Å². The number of hydrogen-bond acceptors (Lipinski definition) is 7. The molecule has 8 heteroatoms. The minimum atomic E-state index is -0.462. The van der Waals surface area contributed by atoms with Gasteiger partial charge in [0.15, 0.2) is 10.8 Å². The standard InChI is InChI=1S/C11H11N3O3S2/c1-7(15)10-3-9(14(16)17)11(19-10)13(2)4-8-5-18-6-12-8/h3,5-6H,4H2,1-2H3. The van der Waals surface area contributed by atoms with Gasteiger partial charge in [-0.3, -0.25) is 14.9 Å². The van der Waals surface area contributed by atoms with Crippen molar-refractivity contribution < 1.29 is 9.72 Å². The van der Waals surface area contributed by atoms with E-state index in [1.807, 2.05) is 5.38 Å². The van der Waals surface area contributed by atoms with Gasteiger partial charge in [0.1, 0.15) is 0 Å². The molecule has 0 atom stereocenters. The highest BCUT2D eigenvalue weighted by Gasteiger charge is 2.23. The van der Waals surface area contributed by atoms with Gasteiger partial charge in [0, 0.05) is 18.5 Å². The predicted octanol–water partition coefficient (Wildman–Crippen LogP) is 2.95. The quantitative estimate of drug-likeness (QED) is 0.482. The fourth-order valence-electron chi connectivity index (χ4n) is 1.58. The molecule has 0 N–H and O–H groups in total. The number of aromatic nitrogens is 1. The number of Topliss-reactive ketones (excluding diaryl/α,β-unsaturated/α-hetero) is 1. The number of hydrogen-bond donors (Lipinski definition) is 0. The third-order valence-electron chi connectivity index (χ3n) is 2.47. The zero-order chi connectivity index (χ0) is 14.0. The molecule has 100 valence electrons. The van der Waals surface area contributed by atoms with Gasteiger partial charge in [0.05, 0.1) is 27.5 Å². The molecular formula is C11H11N3O3S2. The second-order valence-corrected chi connectivity index (χ2v) is 5.70. The van der Waals surface area contributed by atoms with E-state index >= 15 is 0 Å². The predicted molar refractivity (Wildman–Crippen MR) is 75.2 cm³/mol. The third kappa shape index (κ3) is 2.96. The SMILES string of the molecule is CC(=O)c1cc([N+](=O)[O-])c(N(C)Cc2cscn2)s1. The van der Waals surface area contributed by atoms with Crippen molar-refractivity contribution in [1.29, 1.82) is 0 Å². The molecule has 2 heterocycles. The van der Waals surface area contributed by atoms with Gasteiger partial charge in [0.25, 0.3) is 0 Å². The highest BCUT2D eigenvalue weighted by molar-refractivity contribution is 7.18. The lowest BCUT2D eigenvalue weighted by atomic mass is 10.3. The van der Waals surface area contributed by atoms with E-state index in [4.69, 9.17) is 0 Å². The van der Waals surface area contributed by atoms with Crippen LogP contribution in [0.1, 0.15) is 22.3 Å². The molecule has 0 saturated heterocycles. The number of carbonyl (C=O) groups excluding carboxylic acids is 1. The summed E-state index contributed by atoms with van der Waals surface area (Å²) in [5.41, 5.74) is 2.53. The molecule has 0 amide bonds. The number of ketones is 1. The second-order valence-electron chi connectivity index (χ2n) is 3.95. The number of thiophene rings is 1. The molecule has 2 aromatic heterocycles. The summed E-state index contributed by atoms with van der Waals surface area (Å²) in [6.45, 7) is 1.88. The number of rotatable bonds is 5. The van der Waals surface area contributed by atoms with Gasteiger partial charge >= 0.3 is 5.69 Å². The first-order valence-corrected chi connectivity index (χ1v) is 7.12. The maximum atomic E-state index is 11.3. The van der Waals surface area contributed by atoms with Crippen LogP contribution in [0.15, 0.2) is 17.0 Å². The van der Waals surface area contributed by atoms with Gasteiger partial charge in [-0.05, 0) is 6.92 Å². The highest BCUT2D eigenvalue weighted by Crippen LogP contribution is 2.37. The lowest BCUT2D eigenvalue weighted by molar-refractivity contribution is -0.383. The summed E-state index contributed by atoms with van der Waals surface area (Å²) in [6, 6.07) is 1.33. The summed E-state index contributed by atoms with van der Waals surface area (Å²) in [5, 5.41) is 13.4. The summed E-state index contributed by atoms with van der Waals surface area (Å²) < 4.78 is 0. The van der Waals surface area contributed by atoms with Crippen molar-refractivity contribution >= 4 is 39.1 Å². The van der Waals surface area contributed by atoms with Crippen molar-refractivity contribution in [2.45, 2.75) is 13.5 Å². The Morgan fingerprint density at radius 1 is 1.58 bits per heavy atom. The molecule has 0 spiro atoms. The number of carbonyl (C=O) groups is 1. The van der Waals surface area contributed by atoms with Crippen molar-refractivity contribution in [2.75, 3.05) is 11.9 Å². The Hall–Kier alpha value is -1.80. The first-order valence-electron chi connectivity index (χ1n) is 5.36. The Morgan fingerprint density at radius 3 is 2.84 bits per heavy atom. The van der Waals surface area contributed by atoms with Crippen LogP contribution >= 0.6 is 22.7 Å². The molecule has 0 aliphatic carbocycles. The van der Waals surface area contributed by atoms with Crippen LogP contribution in [0.5, 0.6) is 0 Å². The second kappa shape index (κ2) is 5.45. The Labute approximate surface area is 117 Å². The van der Waals surface area contributed by atoms with Gasteiger partial charge in [0.2, 0.25) is 0 Å². The molecule has 0 fully saturated rings. The monoisotopic (exact) mass is 297 g/mol. The van der Waals surface area contributed by atoms with Crippen LogP contribution in [-0.4, -0.2) is 22.7 Å². The summed E-state index contributed by atoms with van der Waals surface area (Å²) in [6.07, 6.45) is 0. The molecule has 0 bridgehead atoms. The van der Waals surface area contributed by atoms with E-state index < -0.39 is 4.92 Å². The van der Waals surface area contributed by atoms with E-state index in [1.165, 1.54) is 24.3 Å². The lowest BCUT2D eigenvalue weighted by Gasteiger charge is -2.14. The molecular weight excluding hydrogens is 286 g/mol. The fraction of sp³-hybridized carbons (Fsp3) is 0.273. The Morgan fingerprint density at radius 2 is 2.32 bits per heavy atom. The van der Waals surface area contributed by atoms with Crippen LogP contribution in [0.3, 0.4) is 0 Å². The van der Waals surface area contributed by atoms with Crippen molar-refractivity contribution in [3.05, 3.63) is 37.6 Å². The minimum Gasteiger partial charge on any atom is -0.355 e. The number of thiazole rings is 1. The van der Waals surface area contributed by atoms with Crippen molar-refractivity contribution in [3.63, 3.8) is 0 Å². The fourth-order valence-corrected chi connectivity index (χ4v) is 3.11. The maximum absolute atomic E-state index is 11.3. The van der Waals surface area contributed by atoms with Crippen LogP contribution in [0, 0.1) is 10.1 Å². The van der Waals surface area contributed by atoms with Crippen LogP contribution in [-0.2, 0) is 6.54 Å². The average Bonchev–Trinajstić information content (AvgIpc) is 2.96. The smallest absolute Gasteiger partial charge is 0.304 e. The molecule has 0 saturated carbocycles. The van der Waals surface area contributed by atoms with Crippen molar-refractivity contribution in [3.8, 4) is 0 Å². The number of nitrogens with zero attached hydrogens (tertiary/aromatic N) is 3. The molecule has 2 rings (SSSR count). The third-order valence-corrected chi connectivity index (χ3v) is 4.44. The zero-order valence-corrected chi connectivity index (χ0v) is 12.0.